The van der Waals surface area contributed by atoms with Crippen molar-refractivity contribution in [3.8, 4) is 0 Å². The standard InChI is InChI=1S/C6H8N2.C6H6O2S/c7-5-1-2-6(8)4-3-5;1-4-2-3-5(9-4)6(7)8/h1-4H,7-8H2;2-3H,1H3,(H,7,8). The van der Waals surface area contributed by atoms with Gasteiger partial charge in [0.15, 0.2) is 0 Å². The molecule has 0 saturated carbocycles. The zero-order chi connectivity index (χ0) is 12.8. The second-order valence-corrected chi connectivity index (χ2v) is 4.67. The van der Waals surface area contributed by atoms with Crippen LogP contribution in [0, 0.1) is 6.92 Å². The van der Waals surface area contributed by atoms with Crippen molar-refractivity contribution < 1.29 is 9.90 Å². The highest BCUT2D eigenvalue weighted by molar-refractivity contribution is 7.13. The molecule has 0 atom stereocenters. The fourth-order valence-corrected chi connectivity index (χ4v) is 1.75. The molecule has 5 heteroatoms. The van der Waals surface area contributed by atoms with E-state index in [1.165, 1.54) is 11.3 Å². The largest absolute Gasteiger partial charge is 0.477 e. The molecule has 5 N–H and O–H groups in total. The van der Waals surface area contributed by atoms with Crippen molar-refractivity contribution >= 4 is 28.7 Å². The second-order valence-electron chi connectivity index (χ2n) is 3.38. The molecule has 1 aromatic carbocycles. The normalized spacial score (nSPS) is 9.24. The van der Waals surface area contributed by atoms with Gasteiger partial charge in [-0.25, -0.2) is 4.79 Å². The number of carboxylic acids is 1. The number of rotatable bonds is 1. The third kappa shape index (κ3) is 4.56. The lowest BCUT2D eigenvalue weighted by molar-refractivity contribution is 0.0702. The topological polar surface area (TPSA) is 89.3 Å². The average Bonchev–Trinajstić information content (AvgIpc) is 2.70. The molecular formula is C12H14N2O2S. The number of carbonyl (C=O) groups is 1. The van der Waals surface area contributed by atoms with Gasteiger partial charge in [0.25, 0.3) is 0 Å². The maximum Gasteiger partial charge on any atom is 0.345 e. The highest BCUT2D eigenvalue weighted by atomic mass is 32.1. The summed E-state index contributed by atoms with van der Waals surface area (Å²) in [5, 5.41) is 8.41. The van der Waals surface area contributed by atoms with Crippen LogP contribution in [0.1, 0.15) is 14.5 Å². The lowest BCUT2D eigenvalue weighted by atomic mass is 10.3. The van der Waals surface area contributed by atoms with Crippen molar-refractivity contribution in [3.05, 3.63) is 46.2 Å². The van der Waals surface area contributed by atoms with E-state index in [9.17, 15) is 4.79 Å². The van der Waals surface area contributed by atoms with E-state index in [4.69, 9.17) is 16.6 Å². The monoisotopic (exact) mass is 250 g/mol. The molecule has 0 unspecified atom stereocenters. The van der Waals surface area contributed by atoms with Gasteiger partial charge in [0.2, 0.25) is 0 Å². The smallest absolute Gasteiger partial charge is 0.345 e. The summed E-state index contributed by atoms with van der Waals surface area (Å²) < 4.78 is 0. The summed E-state index contributed by atoms with van der Waals surface area (Å²) in [6.45, 7) is 1.89. The Kier molecular flexibility index (Phi) is 4.54. The summed E-state index contributed by atoms with van der Waals surface area (Å²) in [6, 6.07) is 10.5. The number of hydrogen-bond donors (Lipinski definition) is 3. The number of benzene rings is 1. The molecule has 0 radical (unpaired) electrons. The fraction of sp³-hybridized carbons (Fsp3) is 0.0833. The van der Waals surface area contributed by atoms with Crippen molar-refractivity contribution in [2.75, 3.05) is 11.5 Å². The van der Waals surface area contributed by atoms with Crippen molar-refractivity contribution in [1.82, 2.24) is 0 Å². The Labute approximate surface area is 104 Å². The summed E-state index contributed by atoms with van der Waals surface area (Å²) in [7, 11) is 0. The quantitative estimate of drug-likeness (QED) is 0.679. The summed E-state index contributed by atoms with van der Waals surface area (Å²) in [5.74, 6) is -0.840. The maximum atomic E-state index is 10.2. The molecule has 0 aliphatic heterocycles. The van der Waals surface area contributed by atoms with Gasteiger partial charge in [-0.1, -0.05) is 0 Å². The molecule has 1 heterocycles. The number of thiophene rings is 1. The predicted molar refractivity (Wildman–Crippen MR) is 71.3 cm³/mol. The van der Waals surface area contributed by atoms with E-state index in [0.717, 1.165) is 16.3 Å². The third-order valence-electron chi connectivity index (χ3n) is 1.89. The van der Waals surface area contributed by atoms with E-state index < -0.39 is 5.97 Å². The predicted octanol–water partition coefficient (Wildman–Crippen LogP) is 2.61. The Hall–Kier alpha value is -2.01. The summed E-state index contributed by atoms with van der Waals surface area (Å²) in [5.41, 5.74) is 12.2. The molecule has 0 saturated heterocycles. The first kappa shape index (κ1) is 13.1. The van der Waals surface area contributed by atoms with E-state index >= 15 is 0 Å². The Morgan fingerprint density at radius 2 is 1.53 bits per heavy atom. The molecule has 2 rings (SSSR count). The van der Waals surface area contributed by atoms with Crippen LogP contribution in [-0.2, 0) is 0 Å². The van der Waals surface area contributed by atoms with Crippen LogP contribution in [0.4, 0.5) is 11.4 Å². The minimum absolute atomic E-state index is 0.410. The Balaban J connectivity index is 0.000000171. The molecule has 17 heavy (non-hydrogen) atoms. The molecule has 0 bridgehead atoms. The van der Waals surface area contributed by atoms with Crippen LogP contribution in [0.25, 0.3) is 0 Å². The lowest BCUT2D eigenvalue weighted by Crippen LogP contribution is -1.89. The number of anilines is 2. The minimum Gasteiger partial charge on any atom is -0.477 e. The van der Waals surface area contributed by atoms with Gasteiger partial charge in [-0.15, -0.1) is 11.3 Å². The number of aromatic carboxylic acids is 1. The lowest BCUT2D eigenvalue weighted by Gasteiger charge is -1.90. The van der Waals surface area contributed by atoms with E-state index in [2.05, 4.69) is 0 Å². The van der Waals surface area contributed by atoms with Crippen LogP contribution in [0.3, 0.4) is 0 Å². The molecule has 0 fully saturated rings. The molecule has 0 aliphatic carbocycles. The first-order valence-electron chi connectivity index (χ1n) is 4.90. The van der Waals surface area contributed by atoms with Gasteiger partial charge in [0.1, 0.15) is 4.88 Å². The molecule has 4 nitrogen and oxygen atoms in total. The zero-order valence-electron chi connectivity index (χ0n) is 9.38. The van der Waals surface area contributed by atoms with Crippen molar-refractivity contribution in [3.63, 3.8) is 0 Å². The summed E-state index contributed by atoms with van der Waals surface area (Å²) in [4.78, 5) is 11.7. The fourth-order valence-electron chi connectivity index (χ4n) is 1.05. The number of hydrogen-bond acceptors (Lipinski definition) is 4. The number of nitrogen functional groups attached to an aromatic ring is 2. The second kappa shape index (κ2) is 5.91. The Morgan fingerprint density at radius 1 is 1.06 bits per heavy atom. The molecule has 0 amide bonds. The van der Waals surface area contributed by atoms with E-state index in [0.29, 0.717) is 4.88 Å². The minimum atomic E-state index is -0.840. The average molecular weight is 250 g/mol. The molecule has 90 valence electrons. The molecular weight excluding hydrogens is 236 g/mol. The first-order valence-corrected chi connectivity index (χ1v) is 5.71. The van der Waals surface area contributed by atoms with Gasteiger partial charge in [-0.05, 0) is 43.3 Å². The SMILES string of the molecule is Cc1ccc(C(=O)O)s1.Nc1ccc(N)cc1. The summed E-state index contributed by atoms with van der Waals surface area (Å²) in [6.07, 6.45) is 0. The van der Waals surface area contributed by atoms with Crippen LogP contribution in [0.5, 0.6) is 0 Å². The van der Waals surface area contributed by atoms with Crippen molar-refractivity contribution in [2.24, 2.45) is 0 Å². The third-order valence-corrected chi connectivity index (χ3v) is 2.88. The molecule has 2 aromatic rings. The van der Waals surface area contributed by atoms with Gasteiger partial charge in [0, 0.05) is 16.3 Å². The van der Waals surface area contributed by atoms with Crippen molar-refractivity contribution in [1.29, 1.82) is 0 Å². The molecule has 1 aromatic heterocycles. The van der Waals surface area contributed by atoms with E-state index in [1.807, 2.05) is 6.92 Å². The highest BCUT2D eigenvalue weighted by Crippen LogP contribution is 2.13. The van der Waals surface area contributed by atoms with Gasteiger partial charge in [-0.2, -0.15) is 0 Å². The molecule has 0 aliphatic rings. The maximum absolute atomic E-state index is 10.2. The van der Waals surface area contributed by atoms with Crippen LogP contribution >= 0.6 is 11.3 Å². The number of aryl methyl sites for hydroxylation is 1. The Bertz CT molecular complexity index is 470. The molecule has 0 spiro atoms. The number of carboxylic acid groups (broad SMARTS) is 1. The van der Waals surface area contributed by atoms with Crippen LogP contribution < -0.4 is 11.5 Å². The number of nitrogens with two attached hydrogens (primary N) is 2. The van der Waals surface area contributed by atoms with Gasteiger partial charge < -0.3 is 16.6 Å². The van der Waals surface area contributed by atoms with Crippen LogP contribution in [-0.4, -0.2) is 11.1 Å². The van der Waals surface area contributed by atoms with E-state index in [1.54, 1.807) is 36.4 Å². The van der Waals surface area contributed by atoms with Gasteiger partial charge in [-0.3, -0.25) is 0 Å². The van der Waals surface area contributed by atoms with Crippen molar-refractivity contribution in [2.45, 2.75) is 6.92 Å². The van der Waals surface area contributed by atoms with Gasteiger partial charge in [0.05, 0.1) is 0 Å². The van der Waals surface area contributed by atoms with Crippen LogP contribution in [0.15, 0.2) is 36.4 Å². The van der Waals surface area contributed by atoms with Crippen LogP contribution in [0.2, 0.25) is 0 Å². The Morgan fingerprint density at radius 3 is 1.76 bits per heavy atom. The summed E-state index contributed by atoms with van der Waals surface area (Å²) >= 11 is 1.30. The van der Waals surface area contributed by atoms with Gasteiger partial charge >= 0.3 is 5.97 Å². The highest BCUT2D eigenvalue weighted by Gasteiger charge is 2.02. The zero-order valence-corrected chi connectivity index (χ0v) is 10.2. The van der Waals surface area contributed by atoms with E-state index in [-0.39, 0.29) is 0 Å². The first-order chi connectivity index (χ1) is 7.99.